The van der Waals surface area contributed by atoms with E-state index in [1.54, 1.807) is 17.4 Å². The second-order valence-corrected chi connectivity index (χ2v) is 10.9. The molecule has 2 fully saturated rings. The van der Waals surface area contributed by atoms with Gasteiger partial charge in [0, 0.05) is 37.8 Å². The van der Waals surface area contributed by atoms with Crippen molar-refractivity contribution in [2.75, 3.05) is 26.2 Å². The molecule has 4 heterocycles. The first-order valence-corrected chi connectivity index (χ1v) is 12.7. The molecular formula is C24H34N4O4S. The summed E-state index contributed by atoms with van der Waals surface area (Å²) in [5, 5.41) is 8.77. The molecule has 0 aromatic carbocycles. The number of fused-ring (bicyclic) bond motifs is 2. The number of amides is 2. The number of likely N-dealkylation sites (tertiary alicyclic amines) is 1. The Hall–Kier alpha value is -2.39. The van der Waals surface area contributed by atoms with Crippen molar-refractivity contribution in [3.8, 4) is 10.6 Å². The predicted octanol–water partition coefficient (Wildman–Crippen LogP) is 4.39. The maximum atomic E-state index is 12.6. The van der Waals surface area contributed by atoms with Crippen LogP contribution in [0.5, 0.6) is 0 Å². The van der Waals surface area contributed by atoms with Crippen LogP contribution in [0.1, 0.15) is 63.4 Å². The van der Waals surface area contributed by atoms with Gasteiger partial charge in [-0.25, -0.2) is 4.79 Å². The number of unbranched alkanes of at least 4 members (excludes halogenated alkanes) is 2. The number of carbonyl (C=O) groups excluding carboxylic acids is 2. The van der Waals surface area contributed by atoms with Gasteiger partial charge in [0.05, 0.1) is 4.88 Å². The third-order valence-electron chi connectivity index (χ3n) is 6.11. The van der Waals surface area contributed by atoms with Crippen LogP contribution in [0.4, 0.5) is 4.79 Å². The second kappa shape index (κ2) is 10.3. The smallest absolute Gasteiger partial charge is 0.410 e. The lowest BCUT2D eigenvalue weighted by molar-refractivity contribution is -0.00453. The highest BCUT2D eigenvalue weighted by molar-refractivity contribution is 7.13. The van der Waals surface area contributed by atoms with Crippen molar-refractivity contribution in [3.63, 3.8) is 0 Å². The minimum atomic E-state index is -0.455. The lowest BCUT2D eigenvalue weighted by Crippen LogP contribution is -2.56. The summed E-state index contributed by atoms with van der Waals surface area (Å²) in [4.78, 5) is 30.3. The summed E-state index contributed by atoms with van der Waals surface area (Å²) < 4.78 is 10.9. The van der Waals surface area contributed by atoms with E-state index >= 15 is 0 Å². The van der Waals surface area contributed by atoms with Crippen molar-refractivity contribution < 1.29 is 18.8 Å². The van der Waals surface area contributed by atoms with Gasteiger partial charge in [0.2, 0.25) is 0 Å². The van der Waals surface area contributed by atoms with Gasteiger partial charge in [-0.3, -0.25) is 14.6 Å². The number of piperazine rings is 1. The molecule has 4 rings (SSSR count). The van der Waals surface area contributed by atoms with E-state index in [0.717, 1.165) is 56.6 Å². The topological polar surface area (TPSA) is 87.9 Å². The van der Waals surface area contributed by atoms with Crippen LogP contribution in [-0.2, 0) is 4.74 Å². The van der Waals surface area contributed by atoms with Gasteiger partial charge in [-0.2, -0.15) is 0 Å². The summed E-state index contributed by atoms with van der Waals surface area (Å²) in [6.45, 7) is 9.24. The molecule has 33 heavy (non-hydrogen) atoms. The number of aromatic nitrogens is 1. The Labute approximate surface area is 199 Å². The Morgan fingerprint density at radius 2 is 1.97 bits per heavy atom. The Bertz CT molecular complexity index is 923. The van der Waals surface area contributed by atoms with E-state index in [1.165, 1.54) is 0 Å². The molecule has 0 aliphatic carbocycles. The van der Waals surface area contributed by atoms with E-state index in [-0.39, 0.29) is 24.1 Å². The normalized spacial score (nSPS) is 20.8. The van der Waals surface area contributed by atoms with Crippen LogP contribution in [0, 0.1) is 0 Å². The van der Waals surface area contributed by atoms with E-state index in [9.17, 15) is 9.59 Å². The Morgan fingerprint density at radius 1 is 1.21 bits per heavy atom. The van der Waals surface area contributed by atoms with Crippen molar-refractivity contribution in [3.05, 3.63) is 29.3 Å². The predicted molar refractivity (Wildman–Crippen MR) is 127 cm³/mol. The van der Waals surface area contributed by atoms with Crippen LogP contribution in [0.15, 0.2) is 28.1 Å². The number of carbonyl (C=O) groups is 2. The molecule has 2 saturated heterocycles. The molecule has 0 spiro atoms. The third kappa shape index (κ3) is 6.14. The lowest BCUT2D eigenvalue weighted by atomic mass is 10.1. The zero-order chi connectivity index (χ0) is 23.4. The fourth-order valence-electron chi connectivity index (χ4n) is 4.63. The fraction of sp³-hybridized carbons (Fsp3) is 0.625. The molecule has 2 amide bonds. The first-order chi connectivity index (χ1) is 15.8. The van der Waals surface area contributed by atoms with Crippen LogP contribution < -0.4 is 5.32 Å². The molecule has 2 aromatic rings. The molecular weight excluding hydrogens is 440 g/mol. The molecule has 8 nitrogen and oxygen atoms in total. The Morgan fingerprint density at radius 3 is 2.64 bits per heavy atom. The van der Waals surface area contributed by atoms with E-state index in [2.05, 4.69) is 15.4 Å². The van der Waals surface area contributed by atoms with Crippen molar-refractivity contribution in [2.45, 2.75) is 70.6 Å². The van der Waals surface area contributed by atoms with E-state index in [0.29, 0.717) is 18.0 Å². The molecule has 2 aliphatic heterocycles. The maximum Gasteiger partial charge on any atom is 0.410 e. The summed E-state index contributed by atoms with van der Waals surface area (Å²) in [5.74, 6) is 0.423. The largest absolute Gasteiger partial charge is 0.444 e. The maximum absolute atomic E-state index is 12.6. The molecule has 2 unspecified atom stereocenters. The highest BCUT2D eigenvalue weighted by Crippen LogP contribution is 2.32. The number of nitrogens with zero attached hydrogens (tertiary/aromatic N) is 3. The lowest BCUT2D eigenvalue weighted by Gasteiger charge is -2.41. The van der Waals surface area contributed by atoms with Gasteiger partial charge < -0.3 is 14.6 Å². The van der Waals surface area contributed by atoms with Gasteiger partial charge in [-0.1, -0.05) is 17.6 Å². The molecule has 2 bridgehead atoms. The minimum Gasteiger partial charge on any atom is -0.444 e. The molecule has 1 N–H and O–H groups in total. The summed E-state index contributed by atoms with van der Waals surface area (Å²) in [6.07, 6.45) is 4.99. The summed E-state index contributed by atoms with van der Waals surface area (Å²) in [6, 6.07) is 6.09. The second-order valence-electron chi connectivity index (χ2n) is 9.90. The monoisotopic (exact) mass is 474 g/mol. The molecule has 2 aliphatic rings. The van der Waals surface area contributed by atoms with Crippen molar-refractivity contribution in [2.24, 2.45) is 0 Å². The highest BCUT2D eigenvalue weighted by Gasteiger charge is 2.43. The number of nitrogens with one attached hydrogen (secondary N) is 1. The number of rotatable bonds is 8. The van der Waals surface area contributed by atoms with E-state index in [4.69, 9.17) is 9.26 Å². The summed E-state index contributed by atoms with van der Waals surface area (Å²) >= 11 is 1.55. The molecule has 0 saturated carbocycles. The van der Waals surface area contributed by atoms with Gasteiger partial charge >= 0.3 is 6.09 Å². The molecule has 2 atom stereocenters. The number of hydrogen-bond donors (Lipinski definition) is 1. The quantitative estimate of drug-likeness (QED) is 0.571. The van der Waals surface area contributed by atoms with Crippen LogP contribution in [0.2, 0.25) is 0 Å². The third-order valence-corrected chi connectivity index (χ3v) is 6.99. The number of hydrogen-bond acceptors (Lipinski definition) is 7. The first-order valence-electron chi connectivity index (χ1n) is 11.8. The minimum absolute atomic E-state index is 0.167. The van der Waals surface area contributed by atoms with Crippen molar-refractivity contribution in [1.29, 1.82) is 0 Å². The average Bonchev–Trinajstić information content (AvgIpc) is 3.48. The molecule has 0 radical (unpaired) electrons. The summed E-state index contributed by atoms with van der Waals surface area (Å²) in [7, 11) is 0. The molecule has 2 aromatic heterocycles. The summed E-state index contributed by atoms with van der Waals surface area (Å²) in [5.41, 5.74) is -0.139. The van der Waals surface area contributed by atoms with Crippen LogP contribution >= 0.6 is 11.3 Å². The fourth-order valence-corrected chi connectivity index (χ4v) is 5.31. The van der Waals surface area contributed by atoms with Crippen LogP contribution in [0.3, 0.4) is 0 Å². The highest BCUT2D eigenvalue weighted by atomic mass is 32.1. The van der Waals surface area contributed by atoms with Gasteiger partial charge in [-0.05, 0) is 64.4 Å². The number of thiophene rings is 1. The Kier molecular flexibility index (Phi) is 7.38. The SMILES string of the molecule is CC(C)(C)OC(=O)N1C2CCC1CN(CCCCCNC(=O)c1cc(-c3cccs3)on1)C2. The van der Waals surface area contributed by atoms with Gasteiger partial charge in [0.15, 0.2) is 11.5 Å². The molecule has 9 heteroatoms. The van der Waals surface area contributed by atoms with Gasteiger partial charge in [0.25, 0.3) is 5.91 Å². The van der Waals surface area contributed by atoms with Crippen molar-refractivity contribution >= 4 is 23.3 Å². The van der Waals surface area contributed by atoms with E-state index in [1.807, 2.05) is 43.2 Å². The van der Waals surface area contributed by atoms with Crippen LogP contribution in [0.25, 0.3) is 10.6 Å². The van der Waals surface area contributed by atoms with E-state index < -0.39 is 5.60 Å². The van der Waals surface area contributed by atoms with Gasteiger partial charge in [0.1, 0.15) is 5.60 Å². The Balaban J connectivity index is 1.12. The standard InChI is InChI=1S/C24H34N4O4S/c1-24(2,3)31-23(30)28-17-9-10-18(28)16-27(15-17)12-6-4-5-11-25-22(29)19-14-20(32-26-19)21-8-7-13-33-21/h7-8,13-14,17-18H,4-6,9-12,15-16H2,1-3H3,(H,25,29). The first kappa shape index (κ1) is 23.8. The van der Waals surface area contributed by atoms with Crippen molar-refractivity contribution in [1.82, 2.24) is 20.3 Å². The zero-order valence-corrected chi connectivity index (χ0v) is 20.5. The number of ether oxygens (including phenoxy) is 1. The van der Waals surface area contributed by atoms with Gasteiger partial charge in [-0.15, -0.1) is 11.3 Å². The van der Waals surface area contributed by atoms with Crippen LogP contribution in [-0.4, -0.2) is 70.8 Å². The zero-order valence-electron chi connectivity index (χ0n) is 19.7. The average molecular weight is 475 g/mol. The molecule has 180 valence electrons.